The maximum absolute atomic E-state index is 12.5. The van der Waals surface area contributed by atoms with Crippen molar-refractivity contribution in [2.75, 3.05) is 19.7 Å². The van der Waals surface area contributed by atoms with Gasteiger partial charge in [0.25, 0.3) is 0 Å². The van der Waals surface area contributed by atoms with Crippen molar-refractivity contribution in [1.82, 2.24) is 10.2 Å². The second-order valence-corrected chi connectivity index (χ2v) is 7.77. The van der Waals surface area contributed by atoms with Crippen molar-refractivity contribution in [2.45, 2.75) is 69.9 Å². The molecule has 0 aromatic heterocycles. The molecule has 1 aliphatic carbocycles. The summed E-state index contributed by atoms with van der Waals surface area (Å²) in [6, 6.07) is 0.0267. The lowest BCUT2D eigenvalue weighted by Gasteiger charge is -2.43. The van der Waals surface area contributed by atoms with Gasteiger partial charge in [-0.15, -0.1) is 0 Å². The molecule has 1 spiro atoms. The maximum Gasteiger partial charge on any atom is 0.317 e. The van der Waals surface area contributed by atoms with Gasteiger partial charge in [0.15, 0.2) is 0 Å². The van der Waals surface area contributed by atoms with Crippen LogP contribution in [0.25, 0.3) is 0 Å². The van der Waals surface area contributed by atoms with E-state index in [1.54, 1.807) is 11.8 Å². The summed E-state index contributed by atoms with van der Waals surface area (Å²) in [6.45, 7) is 3.23. The van der Waals surface area contributed by atoms with Gasteiger partial charge in [0, 0.05) is 25.7 Å². The van der Waals surface area contributed by atoms with Crippen LogP contribution < -0.4 is 5.32 Å². The lowest BCUT2D eigenvalue weighted by molar-refractivity contribution is -0.146. The van der Waals surface area contributed by atoms with Gasteiger partial charge in [-0.2, -0.15) is 0 Å². The minimum absolute atomic E-state index is 0.0327. The smallest absolute Gasteiger partial charge is 0.317 e. The molecule has 2 amide bonds. The van der Waals surface area contributed by atoms with E-state index < -0.39 is 11.4 Å². The first-order valence-corrected chi connectivity index (χ1v) is 8.85. The summed E-state index contributed by atoms with van der Waals surface area (Å²) in [5.74, 6) is -0.819. The van der Waals surface area contributed by atoms with E-state index in [0.717, 1.165) is 25.7 Å². The highest BCUT2D eigenvalue weighted by Crippen LogP contribution is 2.38. The van der Waals surface area contributed by atoms with Crippen LogP contribution in [0.1, 0.15) is 58.3 Å². The fourth-order valence-electron chi connectivity index (χ4n) is 4.27. The van der Waals surface area contributed by atoms with Crippen molar-refractivity contribution < 1.29 is 19.4 Å². The number of carbonyl (C=O) groups excluding carboxylic acids is 1. The SMILES string of the molecule is CC1(C(=O)O)CCN(C(=O)NC2CCOC3(CCCCC3)C2)C1. The summed E-state index contributed by atoms with van der Waals surface area (Å²) in [6.07, 6.45) is 8.16. The molecule has 0 bridgehead atoms. The quantitative estimate of drug-likeness (QED) is 0.817. The third-order valence-corrected chi connectivity index (χ3v) is 5.86. The van der Waals surface area contributed by atoms with E-state index in [9.17, 15) is 14.7 Å². The summed E-state index contributed by atoms with van der Waals surface area (Å²) in [4.78, 5) is 25.4. The summed E-state index contributed by atoms with van der Waals surface area (Å²) in [5, 5.41) is 12.4. The number of likely N-dealkylation sites (tertiary alicyclic amines) is 1. The largest absolute Gasteiger partial charge is 0.481 e. The monoisotopic (exact) mass is 324 g/mol. The second-order valence-electron chi connectivity index (χ2n) is 7.77. The van der Waals surface area contributed by atoms with Crippen LogP contribution in [0.4, 0.5) is 4.79 Å². The van der Waals surface area contributed by atoms with Crippen molar-refractivity contribution in [1.29, 1.82) is 0 Å². The van der Waals surface area contributed by atoms with Crippen molar-refractivity contribution in [2.24, 2.45) is 5.41 Å². The van der Waals surface area contributed by atoms with Gasteiger partial charge in [0.05, 0.1) is 11.0 Å². The number of carboxylic acid groups (broad SMARTS) is 1. The molecule has 23 heavy (non-hydrogen) atoms. The highest BCUT2D eigenvalue weighted by molar-refractivity contribution is 5.79. The molecule has 2 unspecified atom stereocenters. The van der Waals surface area contributed by atoms with Crippen molar-refractivity contribution >= 4 is 12.0 Å². The van der Waals surface area contributed by atoms with Gasteiger partial charge in [-0.1, -0.05) is 19.3 Å². The molecular weight excluding hydrogens is 296 g/mol. The molecule has 3 fully saturated rings. The fraction of sp³-hybridized carbons (Fsp3) is 0.882. The Morgan fingerprint density at radius 2 is 1.96 bits per heavy atom. The third-order valence-electron chi connectivity index (χ3n) is 5.86. The van der Waals surface area contributed by atoms with Crippen LogP contribution in [0.3, 0.4) is 0 Å². The van der Waals surface area contributed by atoms with Crippen molar-refractivity contribution in [3.63, 3.8) is 0 Å². The van der Waals surface area contributed by atoms with Crippen LogP contribution in [-0.2, 0) is 9.53 Å². The summed E-state index contributed by atoms with van der Waals surface area (Å²) in [5.41, 5.74) is -0.841. The molecule has 6 nitrogen and oxygen atoms in total. The molecule has 3 rings (SSSR count). The van der Waals surface area contributed by atoms with E-state index in [4.69, 9.17) is 4.74 Å². The van der Waals surface area contributed by atoms with Crippen LogP contribution in [0, 0.1) is 5.41 Å². The second kappa shape index (κ2) is 6.30. The average Bonchev–Trinajstić information content (AvgIpc) is 2.92. The molecule has 3 aliphatic rings. The molecule has 130 valence electrons. The Hall–Kier alpha value is -1.30. The number of amides is 2. The average molecular weight is 324 g/mol. The first-order chi connectivity index (χ1) is 10.9. The number of carbonyl (C=O) groups is 2. The molecule has 0 aromatic carbocycles. The minimum Gasteiger partial charge on any atom is -0.481 e. The Morgan fingerprint density at radius 1 is 1.22 bits per heavy atom. The van der Waals surface area contributed by atoms with Gasteiger partial charge >= 0.3 is 12.0 Å². The topological polar surface area (TPSA) is 78.9 Å². The maximum atomic E-state index is 12.5. The van der Waals surface area contributed by atoms with Crippen molar-refractivity contribution in [3.8, 4) is 0 Å². The Morgan fingerprint density at radius 3 is 2.61 bits per heavy atom. The third kappa shape index (κ3) is 3.47. The molecular formula is C17H28N2O4. The first-order valence-electron chi connectivity index (χ1n) is 8.85. The number of carboxylic acids is 1. The summed E-state index contributed by atoms with van der Waals surface area (Å²) in [7, 11) is 0. The molecule has 2 atom stereocenters. The van der Waals surface area contributed by atoms with Crippen LogP contribution >= 0.6 is 0 Å². The molecule has 0 radical (unpaired) electrons. The van der Waals surface area contributed by atoms with Crippen LogP contribution in [0.15, 0.2) is 0 Å². The van der Waals surface area contributed by atoms with Gasteiger partial charge in [-0.05, 0) is 39.0 Å². The summed E-state index contributed by atoms with van der Waals surface area (Å²) < 4.78 is 6.07. The first kappa shape index (κ1) is 16.6. The van der Waals surface area contributed by atoms with E-state index in [1.807, 2.05) is 0 Å². The van der Waals surface area contributed by atoms with Crippen LogP contribution in [0.5, 0.6) is 0 Å². The van der Waals surface area contributed by atoms with E-state index in [0.29, 0.717) is 26.1 Å². The molecule has 0 aromatic rings. The highest BCUT2D eigenvalue weighted by atomic mass is 16.5. The summed E-state index contributed by atoms with van der Waals surface area (Å²) >= 11 is 0. The lowest BCUT2D eigenvalue weighted by Crippen LogP contribution is -2.52. The molecule has 2 N–H and O–H groups in total. The number of nitrogens with one attached hydrogen (secondary N) is 1. The van der Waals surface area contributed by atoms with Gasteiger partial charge in [-0.25, -0.2) is 4.79 Å². The molecule has 2 aliphatic heterocycles. The number of aliphatic carboxylic acids is 1. The van der Waals surface area contributed by atoms with Crippen molar-refractivity contribution in [3.05, 3.63) is 0 Å². The normalized spacial score (nSPS) is 33.6. The zero-order valence-electron chi connectivity index (χ0n) is 14.0. The van der Waals surface area contributed by atoms with Gasteiger partial charge in [0.1, 0.15) is 0 Å². The van der Waals surface area contributed by atoms with E-state index in [-0.39, 0.29) is 17.7 Å². The van der Waals surface area contributed by atoms with Crippen LogP contribution in [-0.4, -0.2) is 53.3 Å². The Kier molecular flexibility index (Phi) is 4.54. The van der Waals surface area contributed by atoms with Crippen LogP contribution in [0.2, 0.25) is 0 Å². The lowest BCUT2D eigenvalue weighted by atomic mass is 9.78. The fourth-order valence-corrected chi connectivity index (χ4v) is 4.27. The number of urea groups is 1. The van der Waals surface area contributed by atoms with E-state index >= 15 is 0 Å². The van der Waals surface area contributed by atoms with E-state index in [1.165, 1.54) is 19.3 Å². The van der Waals surface area contributed by atoms with Gasteiger partial charge < -0.3 is 20.1 Å². The predicted molar refractivity (Wildman–Crippen MR) is 85.3 cm³/mol. The number of ether oxygens (including phenoxy) is 1. The number of hydrogen-bond acceptors (Lipinski definition) is 3. The number of hydrogen-bond donors (Lipinski definition) is 2. The molecule has 2 saturated heterocycles. The number of rotatable bonds is 2. The van der Waals surface area contributed by atoms with Gasteiger partial charge in [0.2, 0.25) is 0 Å². The standard InChI is InChI=1S/C17H28N2O4/c1-16(14(20)21)8-9-19(12-16)15(22)18-13-5-10-23-17(11-13)6-3-2-4-7-17/h13H,2-12H2,1H3,(H,18,22)(H,20,21). The number of nitrogens with zero attached hydrogens (tertiary/aromatic N) is 1. The predicted octanol–water partition coefficient (Wildman–Crippen LogP) is 2.37. The highest BCUT2D eigenvalue weighted by Gasteiger charge is 2.43. The zero-order chi connectivity index (χ0) is 16.5. The molecule has 2 heterocycles. The van der Waals surface area contributed by atoms with E-state index in [2.05, 4.69) is 5.32 Å². The van der Waals surface area contributed by atoms with Gasteiger partial charge in [-0.3, -0.25) is 4.79 Å². The zero-order valence-corrected chi connectivity index (χ0v) is 14.0. The molecule has 6 heteroatoms. The Labute approximate surface area is 137 Å². The Balaban J connectivity index is 1.55. The minimum atomic E-state index is -0.819. The Bertz CT molecular complexity index is 470. The molecule has 1 saturated carbocycles.